The third-order valence-corrected chi connectivity index (χ3v) is 6.49. The molecular formula is C21H29N3O4. The van der Waals surface area contributed by atoms with Gasteiger partial charge in [-0.2, -0.15) is 0 Å². The number of carbonyl (C=O) groups is 2. The molecule has 0 N–H and O–H groups in total. The molecule has 2 amide bonds. The Morgan fingerprint density at radius 2 is 2.07 bits per heavy atom. The molecule has 4 heterocycles. The SMILES string of the molecule is O=C1CCCN1CC(=O)N1CC(COCc2ccncc2)C2(CCOCC2)C1. The largest absolute Gasteiger partial charge is 0.381 e. The first kappa shape index (κ1) is 19.3. The third-order valence-electron chi connectivity index (χ3n) is 6.49. The van der Waals surface area contributed by atoms with Gasteiger partial charge in [0.2, 0.25) is 11.8 Å². The van der Waals surface area contributed by atoms with E-state index in [0.29, 0.717) is 38.6 Å². The van der Waals surface area contributed by atoms with E-state index in [1.54, 1.807) is 17.3 Å². The van der Waals surface area contributed by atoms with Crippen molar-refractivity contribution in [2.75, 3.05) is 46.0 Å². The number of pyridine rings is 1. The molecule has 3 aliphatic rings. The summed E-state index contributed by atoms with van der Waals surface area (Å²) in [6.07, 6.45) is 6.90. The summed E-state index contributed by atoms with van der Waals surface area (Å²) in [5.74, 6) is 0.472. The van der Waals surface area contributed by atoms with Crippen LogP contribution in [0.25, 0.3) is 0 Å². The average molecular weight is 387 g/mol. The maximum Gasteiger partial charge on any atom is 0.242 e. The van der Waals surface area contributed by atoms with Crippen LogP contribution in [0.4, 0.5) is 0 Å². The van der Waals surface area contributed by atoms with Crippen LogP contribution in [-0.2, 0) is 25.7 Å². The van der Waals surface area contributed by atoms with Crippen molar-refractivity contribution in [2.45, 2.75) is 32.3 Å². The van der Waals surface area contributed by atoms with Gasteiger partial charge in [0.25, 0.3) is 0 Å². The van der Waals surface area contributed by atoms with E-state index in [0.717, 1.165) is 44.6 Å². The highest BCUT2D eigenvalue weighted by Gasteiger charge is 2.48. The van der Waals surface area contributed by atoms with Gasteiger partial charge in [-0.25, -0.2) is 0 Å². The maximum atomic E-state index is 12.9. The summed E-state index contributed by atoms with van der Waals surface area (Å²) in [6, 6.07) is 3.92. The minimum atomic E-state index is 0.0674. The van der Waals surface area contributed by atoms with Gasteiger partial charge in [0, 0.05) is 57.6 Å². The van der Waals surface area contributed by atoms with Crippen LogP contribution in [0.15, 0.2) is 24.5 Å². The molecule has 3 saturated heterocycles. The number of hydrogen-bond donors (Lipinski definition) is 0. The number of amides is 2. The van der Waals surface area contributed by atoms with Crippen LogP contribution in [0.3, 0.4) is 0 Å². The van der Waals surface area contributed by atoms with Gasteiger partial charge < -0.3 is 19.3 Å². The first-order valence-electron chi connectivity index (χ1n) is 10.3. The number of carbonyl (C=O) groups excluding carboxylic acids is 2. The molecule has 3 aliphatic heterocycles. The lowest BCUT2D eigenvalue weighted by molar-refractivity contribution is -0.138. The Morgan fingerprint density at radius 1 is 1.29 bits per heavy atom. The van der Waals surface area contributed by atoms with Crippen molar-refractivity contribution in [1.82, 2.24) is 14.8 Å². The lowest BCUT2D eigenvalue weighted by atomic mass is 9.72. The molecule has 7 heteroatoms. The van der Waals surface area contributed by atoms with E-state index in [1.165, 1.54) is 0 Å². The van der Waals surface area contributed by atoms with E-state index < -0.39 is 0 Å². The molecule has 0 aliphatic carbocycles. The molecule has 1 atom stereocenters. The summed E-state index contributed by atoms with van der Waals surface area (Å²) < 4.78 is 11.6. The van der Waals surface area contributed by atoms with Crippen molar-refractivity contribution >= 4 is 11.8 Å². The van der Waals surface area contributed by atoms with Gasteiger partial charge in [-0.3, -0.25) is 14.6 Å². The van der Waals surface area contributed by atoms with Crippen LogP contribution in [0.5, 0.6) is 0 Å². The average Bonchev–Trinajstić information content (AvgIpc) is 3.27. The smallest absolute Gasteiger partial charge is 0.242 e. The summed E-state index contributed by atoms with van der Waals surface area (Å²) in [6.45, 7) is 5.06. The minimum Gasteiger partial charge on any atom is -0.381 e. The van der Waals surface area contributed by atoms with Gasteiger partial charge in [0.15, 0.2) is 0 Å². The third kappa shape index (κ3) is 4.20. The fraction of sp³-hybridized carbons (Fsp3) is 0.667. The van der Waals surface area contributed by atoms with Crippen LogP contribution >= 0.6 is 0 Å². The van der Waals surface area contributed by atoms with Crippen molar-refractivity contribution < 1.29 is 19.1 Å². The Balaban J connectivity index is 1.37. The van der Waals surface area contributed by atoms with Crippen LogP contribution in [0, 0.1) is 11.3 Å². The Labute approximate surface area is 166 Å². The van der Waals surface area contributed by atoms with E-state index >= 15 is 0 Å². The number of ether oxygens (including phenoxy) is 2. The molecular weight excluding hydrogens is 358 g/mol. The van der Waals surface area contributed by atoms with Crippen molar-refractivity contribution in [1.29, 1.82) is 0 Å². The van der Waals surface area contributed by atoms with Crippen LogP contribution in [-0.4, -0.2) is 72.6 Å². The monoisotopic (exact) mass is 387 g/mol. The molecule has 1 unspecified atom stereocenters. The fourth-order valence-corrected chi connectivity index (χ4v) is 4.73. The minimum absolute atomic E-state index is 0.0674. The highest BCUT2D eigenvalue weighted by atomic mass is 16.5. The topological polar surface area (TPSA) is 72.0 Å². The van der Waals surface area contributed by atoms with E-state index in [-0.39, 0.29) is 23.8 Å². The van der Waals surface area contributed by atoms with Crippen LogP contribution < -0.4 is 0 Å². The molecule has 1 spiro atoms. The van der Waals surface area contributed by atoms with Gasteiger partial charge in [0.1, 0.15) is 0 Å². The quantitative estimate of drug-likeness (QED) is 0.739. The van der Waals surface area contributed by atoms with Gasteiger partial charge >= 0.3 is 0 Å². The predicted octanol–water partition coefficient (Wildman–Crippen LogP) is 1.48. The molecule has 3 fully saturated rings. The van der Waals surface area contributed by atoms with Gasteiger partial charge in [-0.15, -0.1) is 0 Å². The number of likely N-dealkylation sites (tertiary alicyclic amines) is 2. The zero-order valence-electron chi connectivity index (χ0n) is 16.3. The van der Waals surface area contributed by atoms with Crippen molar-refractivity contribution in [2.24, 2.45) is 11.3 Å². The predicted molar refractivity (Wildman–Crippen MR) is 102 cm³/mol. The molecule has 4 rings (SSSR count). The summed E-state index contributed by atoms with van der Waals surface area (Å²) in [4.78, 5) is 32.4. The highest BCUT2D eigenvalue weighted by Crippen LogP contribution is 2.44. The molecule has 152 valence electrons. The summed E-state index contributed by atoms with van der Waals surface area (Å²) in [7, 11) is 0. The molecule has 7 nitrogen and oxygen atoms in total. The van der Waals surface area contributed by atoms with Gasteiger partial charge in [-0.1, -0.05) is 0 Å². The van der Waals surface area contributed by atoms with E-state index in [9.17, 15) is 9.59 Å². The number of aromatic nitrogens is 1. The summed E-state index contributed by atoms with van der Waals surface area (Å²) >= 11 is 0. The lowest BCUT2D eigenvalue weighted by Crippen LogP contribution is -2.41. The Morgan fingerprint density at radius 3 is 2.79 bits per heavy atom. The van der Waals surface area contributed by atoms with Crippen molar-refractivity contribution in [3.63, 3.8) is 0 Å². The zero-order valence-corrected chi connectivity index (χ0v) is 16.3. The normalized spacial score (nSPS) is 24.3. The van der Waals surface area contributed by atoms with E-state index in [4.69, 9.17) is 9.47 Å². The first-order chi connectivity index (χ1) is 13.7. The summed E-state index contributed by atoms with van der Waals surface area (Å²) in [5.41, 5.74) is 1.18. The number of nitrogens with zero attached hydrogens (tertiary/aromatic N) is 3. The molecule has 1 aromatic heterocycles. The highest BCUT2D eigenvalue weighted by molar-refractivity contribution is 5.86. The number of rotatable bonds is 6. The second-order valence-electron chi connectivity index (χ2n) is 8.24. The van der Waals surface area contributed by atoms with Crippen LogP contribution in [0.1, 0.15) is 31.2 Å². The van der Waals surface area contributed by atoms with Gasteiger partial charge in [-0.05, 0) is 42.4 Å². The van der Waals surface area contributed by atoms with Crippen molar-refractivity contribution in [3.05, 3.63) is 30.1 Å². The zero-order chi connectivity index (χ0) is 19.4. The van der Waals surface area contributed by atoms with E-state index in [1.807, 2.05) is 17.0 Å². The van der Waals surface area contributed by atoms with Gasteiger partial charge in [0.05, 0.1) is 19.8 Å². The standard InChI is InChI=1S/C21H29N3O4/c25-19-2-1-9-23(19)13-20(26)24-12-18(21(16-24)5-10-27-11-6-21)15-28-14-17-3-7-22-8-4-17/h3-4,7-8,18H,1-2,5-6,9-16H2. The Kier molecular flexibility index (Phi) is 5.92. The van der Waals surface area contributed by atoms with E-state index in [2.05, 4.69) is 4.98 Å². The second kappa shape index (κ2) is 8.57. The fourth-order valence-electron chi connectivity index (χ4n) is 4.73. The van der Waals surface area contributed by atoms with Crippen LogP contribution in [0.2, 0.25) is 0 Å². The molecule has 0 bridgehead atoms. The second-order valence-corrected chi connectivity index (χ2v) is 8.24. The Bertz CT molecular complexity index is 690. The molecule has 0 saturated carbocycles. The maximum absolute atomic E-state index is 12.9. The lowest BCUT2D eigenvalue weighted by Gasteiger charge is -2.37. The Hall–Kier alpha value is -1.99. The molecule has 0 radical (unpaired) electrons. The first-order valence-corrected chi connectivity index (χ1v) is 10.3. The molecule has 0 aromatic carbocycles. The molecule has 1 aromatic rings. The van der Waals surface area contributed by atoms with Crippen molar-refractivity contribution in [3.8, 4) is 0 Å². The summed E-state index contributed by atoms with van der Waals surface area (Å²) in [5, 5.41) is 0. The number of hydrogen-bond acceptors (Lipinski definition) is 5. The molecule has 28 heavy (non-hydrogen) atoms.